The van der Waals surface area contributed by atoms with E-state index in [9.17, 15) is 4.79 Å². The number of rotatable bonds is 2. The van der Waals surface area contributed by atoms with E-state index < -0.39 is 0 Å². The van der Waals surface area contributed by atoms with Crippen LogP contribution < -0.4 is 10.6 Å². The molecule has 2 amide bonds. The Morgan fingerprint density at radius 1 is 1.35 bits per heavy atom. The maximum atomic E-state index is 11.6. The quantitative estimate of drug-likeness (QED) is 0.741. The number of hydrogen-bond acceptors (Lipinski definition) is 4. The van der Waals surface area contributed by atoms with Gasteiger partial charge >= 0.3 is 6.03 Å². The van der Waals surface area contributed by atoms with Crippen LogP contribution in [0.1, 0.15) is 17.1 Å². The minimum atomic E-state index is -0.383. The second kappa shape index (κ2) is 4.28. The number of nitrogens with one attached hydrogen (secondary N) is 3. The van der Waals surface area contributed by atoms with Gasteiger partial charge in [-0.05, 0) is 20.8 Å². The minimum absolute atomic E-state index is 0.374. The lowest BCUT2D eigenvalue weighted by molar-refractivity contribution is 0.262. The molecule has 0 saturated heterocycles. The normalized spacial score (nSPS) is 10.3. The summed E-state index contributed by atoms with van der Waals surface area (Å²) in [6.45, 7) is 5.38. The van der Waals surface area contributed by atoms with Crippen LogP contribution in [0.5, 0.6) is 0 Å². The first kappa shape index (κ1) is 11.2. The summed E-state index contributed by atoms with van der Waals surface area (Å²) < 4.78 is 4.84. The van der Waals surface area contributed by atoms with Gasteiger partial charge < -0.3 is 9.84 Å². The van der Waals surface area contributed by atoms with Gasteiger partial charge in [0.1, 0.15) is 5.76 Å². The van der Waals surface area contributed by atoms with Gasteiger partial charge in [0.25, 0.3) is 0 Å². The van der Waals surface area contributed by atoms with Crippen LogP contribution in [0.2, 0.25) is 0 Å². The highest BCUT2D eigenvalue weighted by Crippen LogP contribution is 2.16. The third-order valence-electron chi connectivity index (χ3n) is 2.24. The molecule has 7 nitrogen and oxygen atoms in total. The molecule has 0 aliphatic rings. The molecule has 0 aliphatic heterocycles. The molecule has 2 aromatic heterocycles. The van der Waals surface area contributed by atoms with Crippen molar-refractivity contribution in [1.29, 1.82) is 0 Å². The SMILES string of the molecule is Cc1cc(NC(=O)Nc2c(C)n[nH]c2C)no1. The van der Waals surface area contributed by atoms with E-state index in [1.165, 1.54) is 0 Å². The summed E-state index contributed by atoms with van der Waals surface area (Å²) in [5.74, 6) is 1.01. The Morgan fingerprint density at radius 3 is 2.65 bits per heavy atom. The Kier molecular flexibility index (Phi) is 2.82. The summed E-state index contributed by atoms with van der Waals surface area (Å²) in [6.07, 6.45) is 0. The molecule has 90 valence electrons. The van der Waals surface area contributed by atoms with Crippen molar-refractivity contribution in [2.75, 3.05) is 10.6 Å². The fourth-order valence-electron chi connectivity index (χ4n) is 1.42. The van der Waals surface area contributed by atoms with Gasteiger partial charge in [0.2, 0.25) is 0 Å². The van der Waals surface area contributed by atoms with Crippen molar-refractivity contribution >= 4 is 17.5 Å². The molecule has 0 aromatic carbocycles. The van der Waals surface area contributed by atoms with Gasteiger partial charge in [-0.15, -0.1) is 0 Å². The van der Waals surface area contributed by atoms with Gasteiger partial charge in [0, 0.05) is 6.07 Å². The summed E-state index contributed by atoms with van der Waals surface area (Å²) in [7, 11) is 0. The van der Waals surface area contributed by atoms with Crippen LogP contribution in [0.3, 0.4) is 0 Å². The smallest absolute Gasteiger partial charge is 0.325 e. The van der Waals surface area contributed by atoms with Gasteiger partial charge in [-0.3, -0.25) is 10.4 Å². The van der Waals surface area contributed by atoms with E-state index in [0.29, 0.717) is 17.3 Å². The molecule has 0 saturated carbocycles. The molecule has 0 aliphatic carbocycles. The number of aryl methyl sites for hydroxylation is 3. The highest BCUT2D eigenvalue weighted by Gasteiger charge is 2.11. The Bertz CT molecular complexity index is 523. The average molecular weight is 235 g/mol. The number of anilines is 2. The fraction of sp³-hybridized carbons (Fsp3) is 0.300. The molecular formula is C10H13N5O2. The number of carbonyl (C=O) groups is 1. The molecule has 7 heteroatoms. The number of H-pyrrole nitrogens is 1. The molecule has 2 rings (SSSR count). The average Bonchev–Trinajstić information content (AvgIpc) is 2.79. The lowest BCUT2D eigenvalue weighted by Gasteiger charge is -2.04. The molecule has 17 heavy (non-hydrogen) atoms. The van der Waals surface area contributed by atoms with Crippen LogP contribution in [0, 0.1) is 20.8 Å². The van der Waals surface area contributed by atoms with Crippen molar-refractivity contribution in [3.05, 3.63) is 23.2 Å². The second-order valence-electron chi connectivity index (χ2n) is 3.71. The molecule has 0 atom stereocenters. The van der Waals surface area contributed by atoms with E-state index >= 15 is 0 Å². The zero-order valence-electron chi connectivity index (χ0n) is 9.79. The summed E-state index contributed by atoms with van der Waals surface area (Å²) in [6, 6.07) is 1.25. The van der Waals surface area contributed by atoms with Crippen molar-refractivity contribution in [1.82, 2.24) is 15.4 Å². The molecule has 2 heterocycles. The van der Waals surface area contributed by atoms with Crippen molar-refractivity contribution in [3.8, 4) is 0 Å². The first-order valence-corrected chi connectivity index (χ1v) is 5.09. The number of aromatic amines is 1. The van der Waals surface area contributed by atoms with E-state index in [4.69, 9.17) is 4.52 Å². The maximum Gasteiger partial charge on any atom is 0.325 e. The van der Waals surface area contributed by atoms with Gasteiger partial charge in [0.15, 0.2) is 5.82 Å². The molecule has 2 aromatic rings. The predicted molar refractivity (Wildman–Crippen MR) is 61.9 cm³/mol. The van der Waals surface area contributed by atoms with Crippen LogP contribution in [-0.2, 0) is 0 Å². The third-order valence-corrected chi connectivity index (χ3v) is 2.24. The van der Waals surface area contributed by atoms with Crippen molar-refractivity contribution in [2.45, 2.75) is 20.8 Å². The van der Waals surface area contributed by atoms with Crippen LogP contribution in [0.4, 0.5) is 16.3 Å². The van der Waals surface area contributed by atoms with E-state index in [0.717, 1.165) is 11.4 Å². The van der Waals surface area contributed by atoms with E-state index in [1.54, 1.807) is 19.9 Å². The monoisotopic (exact) mass is 235 g/mol. The molecule has 0 unspecified atom stereocenters. The highest BCUT2D eigenvalue weighted by atomic mass is 16.5. The molecular weight excluding hydrogens is 222 g/mol. The number of nitrogens with zero attached hydrogens (tertiary/aromatic N) is 2. The Balaban J connectivity index is 2.03. The van der Waals surface area contributed by atoms with Crippen LogP contribution in [-0.4, -0.2) is 21.4 Å². The minimum Gasteiger partial charge on any atom is -0.360 e. The van der Waals surface area contributed by atoms with Crippen molar-refractivity contribution in [2.24, 2.45) is 0 Å². The van der Waals surface area contributed by atoms with Gasteiger partial charge in [-0.1, -0.05) is 5.16 Å². The lowest BCUT2D eigenvalue weighted by atomic mass is 10.3. The zero-order chi connectivity index (χ0) is 12.4. The zero-order valence-corrected chi connectivity index (χ0v) is 9.79. The number of aromatic nitrogens is 3. The van der Waals surface area contributed by atoms with E-state index in [-0.39, 0.29) is 6.03 Å². The third kappa shape index (κ3) is 2.44. The van der Waals surface area contributed by atoms with Gasteiger partial charge in [-0.2, -0.15) is 5.10 Å². The summed E-state index contributed by atoms with van der Waals surface area (Å²) in [5, 5.41) is 15.7. The molecule has 0 spiro atoms. The summed E-state index contributed by atoms with van der Waals surface area (Å²) in [5.41, 5.74) is 2.20. The number of urea groups is 1. The Hall–Kier alpha value is -2.31. The van der Waals surface area contributed by atoms with Crippen LogP contribution in [0.25, 0.3) is 0 Å². The topological polar surface area (TPSA) is 95.8 Å². The van der Waals surface area contributed by atoms with E-state index in [1.807, 2.05) is 6.92 Å². The summed E-state index contributed by atoms with van der Waals surface area (Å²) in [4.78, 5) is 11.6. The van der Waals surface area contributed by atoms with Crippen LogP contribution >= 0.6 is 0 Å². The van der Waals surface area contributed by atoms with Gasteiger partial charge in [0.05, 0.1) is 17.1 Å². The predicted octanol–water partition coefficient (Wildman–Crippen LogP) is 1.97. The Morgan fingerprint density at radius 2 is 2.12 bits per heavy atom. The largest absolute Gasteiger partial charge is 0.360 e. The van der Waals surface area contributed by atoms with E-state index in [2.05, 4.69) is 26.0 Å². The number of hydrogen-bond donors (Lipinski definition) is 3. The molecule has 0 bridgehead atoms. The number of amides is 2. The molecule has 0 radical (unpaired) electrons. The number of carbonyl (C=O) groups excluding carboxylic acids is 1. The van der Waals surface area contributed by atoms with Crippen molar-refractivity contribution in [3.63, 3.8) is 0 Å². The van der Waals surface area contributed by atoms with Crippen molar-refractivity contribution < 1.29 is 9.32 Å². The first-order chi connectivity index (χ1) is 8.06. The standard InChI is InChI=1S/C10H13N5O2/c1-5-4-8(15-17-5)11-10(16)12-9-6(2)13-14-7(9)3/h4H,1-3H3,(H,13,14)(H2,11,12,15,16). The maximum absolute atomic E-state index is 11.6. The van der Waals surface area contributed by atoms with Crippen LogP contribution in [0.15, 0.2) is 10.6 Å². The highest BCUT2D eigenvalue weighted by molar-refractivity contribution is 5.99. The molecule has 3 N–H and O–H groups in total. The molecule has 0 fully saturated rings. The fourth-order valence-corrected chi connectivity index (χ4v) is 1.42. The lowest BCUT2D eigenvalue weighted by Crippen LogP contribution is -2.20. The van der Waals surface area contributed by atoms with Gasteiger partial charge in [-0.25, -0.2) is 4.79 Å². The summed E-state index contributed by atoms with van der Waals surface area (Å²) >= 11 is 0. The second-order valence-corrected chi connectivity index (χ2v) is 3.71. The Labute approximate surface area is 97.6 Å². The first-order valence-electron chi connectivity index (χ1n) is 5.09.